The summed E-state index contributed by atoms with van der Waals surface area (Å²) in [4.78, 5) is 17.0. The van der Waals surface area contributed by atoms with Crippen molar-refractivity contribution in [1.29, 1.82) is 0 Å². The average molecular weight is 209 g/mol. The zero-order valence-electron chi connectivity index (χ0n) is 8.07. The molecule has 0 aromatic carbocycles. The van der Waals surface area contributed by atoms with Crippen LogP contribution in [0.1, 0.15) is 11.4 Å². The van der Waals surface area contributed by atoms with Crippen molar-refractivity contribution in [3.05, 3.63) is 27.1 Å². The molecule has 0 saturated carbocycles. The van der Waals surface area contributed by atoms with Crippen LogP contribution in [-0.2, 0) is 13.6 Å². The number of thiophene rings is 1. The van der Waals surface area contributed by atoms with Crippen molar-refractivity contribution in [3.63, 3.8) is 0 Å². The van der Waals surface area contributed by atoms with Gasteiger partial charge in [0, 0.05) is 7.05 Å². The van der Waals surface area contributed by atoms with Gasteiger partial charge in [0.25, 0.3) is 5.56 Å². The van der Waals surface area contributed by atoms with Gasteiger partial charge in [-0.25, -0.2) is 4.98 Å². The van der Waals surface area contributed by atoms with E-state index in [1.807, 2.05) is 12.3 Å². The normalized spacial score (nSPS) is 11.1. The quantitative estimate of drug-likeness (QED) is 0.754. The lowest BCUT2D eigenvalue weighted by atomic mass is 10.3. The first-order valence-corrected chi connectivity index (χ1v) is 5.17. The van der Waals surface area contributed by atoms with Gasteiger partial charge in [-0.3, -0.25) is 9.36 Å². The van der Waals surface area contributed by atoms with Gasteiger partial charge in [0.05, 0.1) is 11.9 Å². The Balaban J connectivity index is 2.95. The van der Waals surface area contributed by atoms with Crippen molar-refractivity contribution in [2.45, 2.75) is 13.5 Å². The maximum atomic E-state index is 11.9. The minimum absolute atomic E-state index is 0.00537. The van der Waals surface area contributed by atoms with Gasteiger partial charge in [-0.15, -0.1) is 11.3 Å². The molecule has 0 spiro atoms. The first-order chi connectivity index (χ1) is 6.65. The summed E-state index contributed by atoms with van der Waals surface area (Å²) >= 11 is 1.49. The molecule has 0 atom stereocenters. The molecule has 0 aliphatic carbocycles. The number of hydrogen-bond acceptors (Lipinski definition) is 4. The molecule has 2 aromatic heterocycles. The second kappa shape index (κ2) is 3.18. The summed E-state index contributed by atoms with van der Waals surface area (Å²) in [7, 11) is 1.70. The number of fused-ring (bicyclic) bond motifs is 1. The van der Waals surface area contributed by atoms with E-state index in [9.17, 15) is 4.79 Å². The highest BCUT2D eigenvalue weighted by Crippen LogP contribution is 2.19. The van der Waals surface area contributed by atoms with Gasteiger partial charge in [-0.2, -0.15) is 0 Å². The number of hydrogen-bond donors (Lipinski definition) is 1. The Labute approximate surface area is 85.0 Å². The number of nitrogens with zero attached hydrogens (tertiary/aromatic N) is 2. The van der Waals surface area contributed by atoms with Crippen LogP contribution in [0.25, 0.3) is 10.2 Å². The molecule has 0 radical (unpaired) electrons. The van der Waals surface area contributed by atoms with E-state index < -0.39 is 0 Å². The second-order valence-electron chi connectivity index (χ2n) is 3.20. The zero-order chi connectivity index (χ0) is 10.3. The Morgan fingerprint density at radius 1 is 1.64 bits per heavy atom. The average Bonchev–Trinajstić information content (AvgIpc) is 2.54. The summed E-state index contributed by atoms with van der Waals surface area (Å²) in [6, 6.07) is 0. The predicted molar refractivity (Wildman–Crippen MR) is 57.5 cm³/mol. The highest BCUT2D eigenvalue weighted by molar-refractivity contribution is 7.16. The standard InChI is InChI=1S/C9H11N3OS/c1-5-4-14-8-7(5)9(13)12(2)6(3-10)11-8/h4H,3,10H2,1-2H3. The molecule has 0 unspecified atom stereocenters. The van der Waals surface area contributed by atoms with Gasteiger partial charge in [0.1, 0.15) is 10.7 Å². The van der Waals surface area contributed by atoms with E-state index in [-0.39, 0.29) is 5.56 Å². The summed E-state index contributed by atoms with van der Waals surface area (Å²) in [5, 5.41) is 2.66. The SMILES string of the molecule is Cc1csc2nc(CN)n(C)c(=O)c12. The summed E-state index contributed by atoms with van der Waals surface area (Å²) in [6.45, 7) is 2.21. The first kappa shape index (κ1) is 9.36. The van der Waals surface area contributed by atoms with E-state index in [2.05, 4.69) is 4.98 Å². The molecule has 2 aromatic rings. The van der Waals surface area contributed by atoms with Gasteiger partial charge in [-0.1, -0.05) is 0 Å². The highest BCUT2D eigenvalue weighted by Gasteiger charge is 2.10. The lowest BCUT2D eigenvalue weighted by Gasteiger charge is -2.04. The Morgan fingerprint density at radius 2 is 2.36 bits per heavy atom. The Morgan fingerprint density at radius 3 is 3.00 bits per heavy atom. The minimum atomic E-state index is -0.00537. The van der Waals surface area contributed by atoms with Crippen molar-refractivity contribution in [1.82, 2.24) is 9.55 Å². The van der Waals surface area contributed by atoms with Crippen LogP contribution < -0.4 is 11.3 Å². The molecule has 0 aliphatic rings. The third-order valence-electron chi connectivity index (χ3n) is 2.27. The molecule has 0 fully saturated rings. The number of nitrogens with two attached hydrogens (primary N) is 1. The van der Waals surface area contributed by atoms with Crippen LogP contribution >= 0.6 is 11.3 Å². The maximum Gasteiger partial charge on any atom is 0.262 e. The molecular formula is C9H11N3OS. The van der Waals surface area contributed by atoms with Crippen LogP contribution in [0.15, 0.2) is 10.2 Å². The zero-order valence-corrected chi connectivity index (χ0v) is 8.89. The van der Waals surface area contributed by atoms with Crippen molar-refractivity contribution in [3.8, 4) is 0 Å². The van der Waals surface area contributed by atoms with Gasteiger partial charge in [-0.05, 0) is 17.9 Å². The summed E-state index contributed by atoms with van der Waals surface area (Å²) in [5.41, 5.74) is 6.48. The van der Waals surface area contributed by atoms with Gasteiger partial charge < -0.3 is 5.73 Å². The second-order valence-corrected chi connectivity index (χ2v) is 4.05. The van der Waals surface area contributed by atoms with Crippen molar-refractivity contribution in [2.75, 3.05) is 0 Å². The van der Waals surface area contributed by atoms with Gasteiger partial charge >= 0.3 is 0 Å². The molecule has 2 rings (SSSR count). The maximum absolute atomic E-state index is 11.9. The molecular weight excluding hydrogens is 198 g/mol. The van der Waals surface area contributed by atoms with E-state index in [1.165, 1.54) is 15.9 Å². The van der Waals surface area contributed by atoms with Crippen LogP contribution in [0.5, 0.6) is 0 Å². The largest absolute Gasteiger partial charge is 0.324 e. The van der Waals surface area contributed by atoms with Crippen molar-refractivity contribution >= 4 is 21.6 Å². The van der Waals surface area contributed by atoms with E-state index in [0.29, 0.717) is 12.4 Å². The summed E-state index contributed by atoms with van der Waals surface area (Å²) in [6.07, 6.45) is 0. The fraction of sp³-hybridized carbons (Fsp3) is 0.333. The highest BCUT2D eigenvalue weighted by atomic mass is 32.1. The van der Waals surface area contributed by atoms with Crippen LogP contribution in [0.4, 0.5) is 0 Å². The number of aryl methyl sites for hydroxylation is 1. The van der Waals surface area contributed by atoms with Crippen LogP contribution in [0.3, 0.4) is 0 Å². The van der Waals surface area contributed by atoms with Gasteiger partial charge in [0.15, 0.2) is 0 Å². The molecule has 2 N–H and O–H groups in total. The third kappa shape index (κ3) is 1.17. The Hall–Kier alpha value is -1.20. The fourth-order valence-corrected chi connectivity index (χ4v) is 2.36. The molecule has 0 saturated heterocycles. The minimum Gasteiger partial charge on any atom is -0.324 e. The van der Waals surface area contributed by atoms with Crippen molar-refractivity contribution in [2.24, 2.45) is 12.8 Å². The van der Waals surface area contributed by atoms with Crippen LogP contribution in [0, 0.1) is 6.92 Å². The Bertz CT molecular complexity index is 541. The molecule has 14 heavy (non-hydrogen) atoms. The summed E-state index contributed by atoms with van der Waals surface area (Å²) < 4.78 is 1.52. The molecule has 0 aliphatic heterocycles. The predicted octanol–water partition coefficient (Wildman–Crippen LogP) is 0.762. The molecule has 2 heterocycles. The molecule has 0 amide bonds. The number of aromatic nitrogens is 2. The van der Waals surface area contributed by atoms with Crippen LogP contribution in [-0.4, -0.2) is 9.55 Å². The lowest BCUT2D eigenvalue weighted by Crippen LogP contribution is -2.23. The van der Waals surface area contributed by atoms with E-state index in [4.69, 9.17) is 5.73 Å². The third-order valence-corrected chi connectivity index (χ3v) is 3.26. The summed E-state index contributed by atoms with van der Waals surface area (Å²) in [5.74, 6) is 0.629. The lowest BCUT2D eigenvalue weighted by molar-refractivity contribution is 0.743. The topological polar surface area (TPSA) is 60.9 Å². The Kier molecular flexibility index (Phi) is 2.13. The van der Waals surface area contributed by atoms with E-state index in [1.54, 1.807) is 7.05 Å². The molecule has 4 nitrogen and oxygen atoms in total. The van der Waals surface area contributed by atoms with Crippen molar-refractivity contribution < 1.29 is 0 Å². The van der Waals surface area contributed by atoms with Gasteiger partial charge in [0.2, 0.25) is 0 Å². The molecule has 5 heteroatoms. The number of rotatable bonds is 1. The van der Waals surface area contributed by atoms with E-state index in [0.717, 1.165) is 15.8 Å². The first-order valence-electron chi connectivity index (χ1n) is 4.29. The fourth-order valence-electron chi connectivity index (χ4n) is 1.43. The molecule has 0 bridgehead atoms. The monoisotopic (exact) mass is 209 g/mol. The van der Waals surface area contributed by atoms with Crippen LogP contribution in [0.2, 0.25) is 0 Å². The smallest absolute Gasteiger partial charge is 0.262 e. The molecule has 74 valence electrons. The van der Waals surface area contributed by atoms with E-state index >= 15 is 0 Å².